The van der Waals surface area contributed by atoms with Crippen molar-refractivity contribution in [1.29, 1.82) is 0 Å². The number of imide groups is 1. The molecule has 2 fully saturated rings. The fraction of sp³-hybridized carbons (Fsp3) is 0.250. The van der Waals surface area contributed by atoms with Gasteiger partial charge in [0.05, 0.1) is 4.91 Å². The second-order valence-electron chi connectivity index (χ2n) is 6.57. The molecule has 0 atom stereocenters. The van der Waals surface area contributed by atoms with Crippen LogP contribution in [-0.4, -0.2) is 46.5 Å². The second-order valence-corrected chi connectivity index (χ2v) is 9.08. The van der Waals surface area contributed by atoms with E-state index in [1.165, 1.54) is 17.8 Å². The lowest BCUT2D eigenvalue weighted by Gasteiger charge is -2.18. The molecular weight excluding hydrogens is 432 g/mol. The van der Waals surface area contributed by atoms with Gasteiger partial charge in [0.25, 0.3) is 11.1 Å². The zero-order valence-corrected chi connectivity index (χ0v) is 17.7. The lowest BCUT2D eigenvalue weighted by molar-refractivity contribution is -0.135. The molecule has 0 spiro atoms. The van der Waals surface area contributed by atoms with Crippen LogP contribution in [0.1, 0.15) is 18.6 Å². The van der Waals surface area contributed by atoms with Crippen LogP contribution in [0.4, 0.5) is 4.79 Å². The van der Waals surface area contributed by atoms with E-state index in [9.17, 15) is 14.4 Å². The maximum Gasteiger partial charge on any atom is 0.294 e. The molecule has 0 saturated carbocycles. The van der Waals surface area contributed by atoms with Gasteiger partial charge in [-0.3, -0.25) is 19.3 Å². The van der Waals surface area contributed by atoms with Gasteiger partial charge in [0.1, 0.15) is 12.3 Å². The summed E-state index contributed by atoms with van der Waals surface area (Å²) in [5.74, 6) is -0.181. The monoisotopic (exact) mass is 448 g/mol. The highest BCUT2D eigenvalue weighted by molar-refractivity contribution is 8.18. The van der Waals surface area contributed by atoms with Gasteiger partial charge in [-0.15, -0.1) is 0 Å². The van der Waals surface area contributed by atoms with Gasteiger partial charge in [-0.25, -0.2) is 0 Å². The molecule has 0 aliphatic carbocycles. The van der Waals surface area contributed by atoms with Crippen LogP contribution >= 0.6 is 35.1 Å². The first-order valence-corrected chi connectivity index (χ1v) is 11.1. The largest absolute Gasteiger partial charge is 0.450 e. The third-order valence-electron chi connectivity index (χ3n) is 4.53. The molecule has 3 heterocycles. The molecule has 4 rings (SSSR count). The number of rotatable bonds is 5. The number of halogens is 1. The number of nitrogens with zero attached hydrogens (tertiary/aromatic N) is 2. The number of furan rings is 1. The predicted molar refractivity (Wildman–Crippen MR) is 113 cm³/mol. The summed E-state index contributed by atoms with van der Waals surface area (Å²) in [5.41, 5.74) is 0. The fourth-order valence-electron chi connectivity index (χ4n) is 3.05. The number of hydrogen-bond acceptors (Lipinski definition) is 6. The van der Waals surface area contributed by atoms with Crippen LogP contribution in [0.25, 0.3) is 6.08 Å². The minimum Gasteiger partial charge on any atom is -0.450 e. The van der Waals surface area contributed by atoms with Gasteiger partial charge in [-0.05, 0) is 61.0 Å². The fourth-order valence-corrected chi connectivity index (χ4v) is 4.78. The van der Waals surface area contributed by atoms with E-state index in [0.29, 0.717) is 29.0 Å². The standard InChI is InChI=1S/C20H17ClN2O4S2/c21-13-3-6-15(7-4-13)28-18-8-5-14(27-18)11-16-19(25)23(20(26)29-16)12-17(24)22-9-1-2-10-22/h3-8,11H,1-2,9-10,12H2/b16-11-. The van der Waals surface area contributed by atoms with Crippen LogP contribution in [-0.2, 0) is 9.59 Å². The van der Waals surface area contributed by atoms with Crippen molar-refractivity contribution in [1.82, 2.24) is 9.80 Å². The van der Waals surface area contributed by atoms with Crippen LogP contribution in [0.3, 0.4) is 0 Å². The molecule has 2 saturated heterocycles. The smallest absolute Gasteiger partial charge is 0.294 e. The summed E-state index contributed by atoms with van der Waals surface area (Å²) >= 11 is 8.14. The lowest BCUT2D eigenvalue weighted by Crippen LogP contribution is -2.40. The van der Waals surface area contributed by atoms with Crippen molar-refractivity contribution in [3.8, 4) is 0 Å². The van der Waals surface area contributed by atoms with Crippen molar-refractivity contribution in [2.24, 2.45) is 0 Å². The van der Waals surface area contributed by atoms with Crippen molar-refractivity contribution in [2.75, 3.05) is 19.6 Å². The minimum absolute atomic E-state index is 0.189. The Bertz CT molecular complexity index is 981. The van der Waals surface area contributed by atoms with Crippen LogP contribution in [0, 0.1) is 0 Å². The molecule has 2 aromatic rings. The second kappa shape index (κ2) is 8.69. The summed E-state index contributed by atoms with van der Waals surface area (Å²) in [6, 6.07) is 10.9. The summed E-state index contributed by atoms with van der Waals surface area (Å²) in [5, 5.41) is 0.881. The number of hydrogen-bond donors (Lipinski definition) is 0. The van der Waals surface area contributed by atoms with Gasteiger partial charge in [-0.2, -0.15) is 0 Å². The average Bonchev–Trinajstić information content (AvgIpc) is 3.43. The molecule has 0 unspecified atom stereocenters. The normalized spacial score (nSPS) is 18.3. The Morgan fingerprint density at radius 2 is 1.86 bits per heavy atom. The van der Waals surface area contributed by atoms with E-state index in [4.69, 9.17) is 16.0 Å². The third kappa shape index (κ3) is 4.71. The summed E-state index contributed by atoms with van der Waals surface area (Å²) in [6.45, 7) is 1.16. The Hall–Kier alpha value is -2.16. The Kier molecular flexibility index (Phi) is 6.03. The van der Waals surface area contributed by atoms with E-state index in [-0.39, 0.29) is 17.4 Å². The third-order valence-corrected chi connectivity index (χ3v) is 6.62. The summed E-state index contributed by atoms with van der Waals surface area (Å²) in [7, 11) is 0. The summed E-state index contributed by atoms with van der Waals surface area (Å²) in [6.07, 6.45) is 3.46. The van der Waals surface area contributed by atoms with E-state index in [1.807, 2.05) is 12.1 Å². The molecule has 2 aliphatic rings. The van der Waals surface area contributed by atoms with Crippen molar-refractivity contribution >= 4 is 58.3 Å². The molecule has 0 N–H and O–H groups in total. The molecule has 2 aliphatic heterocycles. The van der Waals surface area contributed by atoms with E-state index >= 15 is 0 Å². The first-order chi connectivity index (χ1) is 14.0. The maximum atomic E-state index is 12.6. The van der Waals surface area contributed by atoms with Gasteiger partial charge in [0.2, 0.25) is 5.91 Å². The molecular formula is C20H17ClN2O4S2. The summed E-state index contributed by atoms with van der Waals surface area (Å²) < 4.78 is 5.74. The molecule has 6 nitrogen and oxygen atoms in total. The van der Waals surface area contributed by atoms with E-state index in [0.717, 1.165) is 34.4 Å². The topological polar surface area (TPSA) is 70.8 Å². The van der Waals surface area contributed by atoms with Gasteiger partial charge in [0.15, 0.2) is 5.09 Å². The molecule has 1 aromatic heterocycles. The SMILES string of the molecule is O=C(CN1C(=O)S/C(=C\c2ccc(Sc3ccc(Cl)cc3)o2)C1=O)N1CCCC1. The number of thioether (sulfide) groups is 1. The number of amides is 3. The van der Waals surface area contributed by atoms with Gasteiger partial charge >= 0.3 is 0 Å². The van der Waals surface area contributed by atoms with E-state index < -0.39 is 11.1 Å². The molecule has 1 aromatic carbocycles. The zero-order valence-electron chi connectivity index (χ0n) is 15.3. The van der Waals surface area contributed by atoms with Crippen LogP contribution in [0.2, 0.25) is 5.02 Å². The average molecular weight is 449 g/mol. The molecule has 29 heavy (non-hydrogen) atoms. The number of likely N-dealkylation sites (tertiary alicyclic amines) is 1. The van der Waals surface area contributed by atoms with Crippen LogP contribution in [0.5, 0.6) is 0 Å². The maximum absolute atomic E-state index is 12.6. The predicted octanol–water partition coefficient (Wildman–Crippen LogP) is 4.74. The van der Waals surface area contributed by atoms with E-state index in [1.54, 1.807) is 29.2 Å². The minimum atomic E-state index is -0.462. The van der Waals surface area contributed by atoms with Crippen molar-refractivity contribution in [2.45, 2.75) is 22.8 Å². The molecule has 0 radical (unpaired) electrons. The van der Waals surface area contributed by atoms with Crippen molar-refractivity contribution in [3.05, 3.63) is 52.1 Å². The molecule has 150 valence electrons. The highest BCUT2D eigenvalue weighted by Crippen LogP contribution is 2.34. The van der Waals surface area contributed by atoms with Crippen LogP contribution < -0.4 is 0 Å². The first kappa shape index (κ1) is 20.1. The van der Waals surface area contributed by atoms with Gasteiger partial charge in [0, 0.05) is 29.1 Å². The van der Waals surface area contributed by atoms with Crippen LogP contribution in [0.15, 0.2) is 55.7 Å². The Labute approximate surface area is 181 Å². The molecule has 3 amide bonds. The highest BCUT2D eigenvalue weighted by atomic mass is 35.5. The van der Waals surface area contributed by atoms with Crippen molar-refractivity contribution < 1.29 is 18.8 Å². The number of carbonyl (C=O) groups excluding carboxylic acids is 3. The lowest BCUT2D eigenvalue weighted by atomic mass is 10.3. The van der Waals surface area contributed by atoms with Gasteiger partial charge in [-0.1, -0.05) is 23.4 Å². The zero-order chi connectivity index (χ0) is 20.4. The Morgan fingerprint density at radius 3 is 2.59 bits per heavy atom. The van der Waals surface area contributed by atoms with Gasteiger partial charge < -0.3 is 9.32 Å². The summed E-state index contributed by atoms with van der Waals surface area (Å²) in [4.78, 5) is 41.0. The van der Waals surface area contributed by atoms with E-state index in [2.05, 4.69) is 0 Å². The highest BCUT2D eigenvalue weighted by Gasteiger charge is 2.37. The Morgan fingerprint density at radius 1 is 1.14 bits per heavy atom. The number of carbonyl (C=O) groups is 3. The molecule has 9 heteroatoms. The quantitative estimate of drug-likeness (QED) is 0.615. The number of benzene rings is 1. The first-order valence-electron chi connectivity index (χ1n) is 9.06. The van der Waals surface area contributed by atoms with Crippen molar-refractivity contribution in [3.63, 3.8) is 0 Å². The molecule has 0 bridgehead atoms. The Balaban J connectivity index is 1.42.